The third-order valence-corrected chi connectivity index (χ3v) is 4.98. The Balaban J connectivity index is 0.000000692. The first-order valence-electron chi connectivity index (χ1n) is 7.55. The number of rotatable bonds is 1. The van der Waals surface area contributed by atoms with Crippen molar-refractivity contribution in [1.82, 2.24) is 0 Å². The van der Waals surface area contributed by atoms with Crippen molar-refractivity contribution in [2.45, 2.75) is 11.3 Å². The molecule has 0 aromatic heterocycles. The first-order chi connectivity index (χ1) is 13.1. The zero-order valence-corrected chi connectivity index (χ0v) is 21.4. The minimum atomic E-state index is -4.64. The van der Waals surface area contributed by atoms with Crippen LogP contribution in [0.15, 0.2) is 52.6 Å². The molecule has 0 bridgehead atoms. The van der Waals surface area contributed by atoms with Crippen LogP contribution in [0.3, 0.4) is 0 Å². The second-order valence-electron chi connectivity index (χ2n) is 5.76. The zero-order chi connectivity index (χ0) is 20.6. The fourth-order valence-corrected chi connectivity index (χ4v) is 3.47. The number of allylic oxidation sites excluding steroid dienone is 2. The molecule has 0 saturated heterocycles. The van der Waals surface area contributed by atoms with Crippen molar-refractivity contribution in [2.75, 3.05) is 5.32 Å². The molecule has 30 heavy (non-hydrogen) atoms. The van der Waals surface area contributed by atoms with Gasteiger partial charge in [-0.15, -0.1) is 17.4 Å². The maximum atomic E-state index is 12.6. The van der Waals surface area contributed by atoms with E-state index < -0.39 is 32.2 Å². The molecule has 146 valence electrons. The molecule has 9 nitrogen and oxygen atoms in total. The number of fused-ring (bicyclic) bond motifs is 2. The Kier molecular flexibility index (Phi) is 9.79. The Hall–Kier alpha value is -0.700. The third-order valence-electron chi connectivity index (χ3n) is 4.15. The van der Waals surface area contributed by atoms with Crippen LogP contribution in [0.5, 0.6) is 0 Å². The van der Waals surface area contributed by atoms with Gasteiger partial charge in [0.1, 0.15) is 10.1 Å². The monoisotopic (exact) mass is 465 g/mol. The molecule has 0 radical (unpaired) electrons. The van der Waals surface area contributed by atoms with Gasteiger partial charge in [-0.05, 0) is 17.7 Å². The van der Waals surface area contributed by atoms with Crippen molar-refractivity contribution in [3.05, 3.63) is 70.4 Å². The summed E-state index contributed by atoms with van der Waals surface area (Å²) in [5, 5.41) is 2.95. The number of hydrogen-bond acceptors (Lipinski definition) is 9. The number of anilines is 1. The Labute approximate surface area is 218 Å². The van der Waals surface area contributed by atoms with E-state index in [1.165, 1.54) is 12.1 Å². The van der Waals surface area contributed by atoms with Crippen molar-refractivity contribution >= 4 is 38.7 Å². The van der Waals surface area contributed by atoms with E-state index in [9.17, 15) is 22.6 Å². The molecule has 1 N–H and O–H groups in total. The summed E-state index contributed by atoms with van der Waals surface area (Å²) in [6, 6.07) is 11.4. The zero-order valence-electron chi connectivity index (χ0n) is 15.8. The van der Waals surface area contributed by atoms with Crippen LogP contribution >= 0.6 is 0 Å². The van der Waals surface area contributed by atoms with Gasteiger partial charge < -0.3 is 23.8 Å². The minimum Gasteiger partial charge on any atom is -0.784 e. The Bertz CT molecular complexity index is 1170. The van der Waals surface area contributed by atoms with Gasteiger partial charge in [0.05, 0.1) is 10.6 Å². The summed E-state index contributed by atoms with van der Waals surface area (Å²) in [7, 11) is -4.64. The number of benzene rings is 2. The van der Waals surface area contributed by atoms with E-state index in [0.29, 0.717) is 16.8 Å². The average molecular weight is 465 g/mol. The summed E-state index contributed by atoms with van der Waals surface area (Å²) >= 11 is -3.11. The molecule has 1 aliphatic carbocycles. The van der Waals surface area contributed by atoms with Gasteiger partial charge in [-0.1, -0.05) is 17.3 Å². The van der Waals surface area contributed by atoms with Gasteiger partial charge in [0.2, 0.25) is 0 Å². The second-order valence-corrected chi connectivity index (χ2v) is 7.55. The van der Waals surface area contributed by atoms with Gasteiger partial charge in [-0.25, -0.2) is 8.42 Å². The van der Waals surface area contributed by atoms with Crippen molar-refractivity contribution in [3.8, 4) is 0 Å². The molecule has 1 heterocycles. The molecule has 0 atom stereocenters. The van der Waals surface area contributed by atoms with E-state index in [4.69, 9.17) is 13.3 Å². The topological polar surface area (TPSA) is 167 Å². The van der Waals surface area contributed by atoms with Crippen molar-refractivity contribution in [1.29, 1.82) is 0 Å². The number of Topliss-reactive ketones (excluding diaryl/α,β-unsaturated/α-hetero) is 2. The molecule has 2 aliphatic rings. The van der Waals surface area contributed by atoms with E-state index in [1.54, 1.807) is 18.2 Å². The number of carbonyl (C=O) groups excluding carboxylic acids is 2. The first-order valence-corrected chi connectivity index (χ1v) is 9.95. The molecule has 2 aromatic rings. The van der Waals surface area contributed by atoms with Gasteiger partial charge in [0.25, 0.3) is 0 Å². The van der Waals surface area contributed by atoms with Gasteiger partial charge in [0.15, 0.2) is 11.6 Å². The van der Waals surface area contributed by atoms with Crippen LogP contribution in [-0.2, 0) is 27.9 Å². The Morgan fingerprint density at radius 3 is 2.23 bits per heavy atom. The molecular weight excluding hydrogens is 456 g/mol. The molecule has 0 unspecified atom stereocenters. The van der Waals surface area contributed by atoms with Crippen LogP contribution in [0, 0.1) is 6.07 Å². The van der Waals surface area contributed by atoms with Crippen molar-refractivity contribution < 1.29 is 95.0 Å². The predicted octanol–water partition coefficient (Wildman–Crippen LogP) is -5.30. The second kappa shape index (κ2) is 10.7. The summed E-state index contributed by atoms with van der Waals surface area (Å²) in [5.41, 5.74) is 2.24. The molecule has 0 saturated carbocycles. The van der Waals surface area contributed by atoms with Crippen LogP contribution in [0.2, 0.25) is 0 Å². The number of carbonyl (C=O) groups is 2. The number of ketones is 2. The van der Waals surface area contributed by atoms with E-state index in [1.807, 2.05) is 0 Å². The smallest absolute Gasteiger partial charge is 0.784 e. The Morgan fingerprint density at radius 1 is 1.03 bits per heavy atom. The maximum absolute atomic E-state index is 12.6. The SMILES string of the molecule is O=C1/C(=C2\Nc3cc[c-]cc3C2=O)Cc2ccc(S(=O)(=O)[O-])cc21.O=S([O-])[O-].[Na+].[Na+]. The summed E-state index contributed by atoms with van der Waals surface area (Å²) < 4.78 is 58.7. The van der Waals surface area contributed by atoms with Gasteiger partial charge in [0, 0.05) is 17.6 Å². The first kappa shape index (κ1) is 27.3. The predicted molar refractivity (Wildman–Crippen MR) is 92.4 cm³/mol. The average Bonchev–Trinajstić information content (AvgIpc) is 3.11. The van der Waals surface area contributed by atoms with E-state index in [0.717, 1.165) is 6.07 Å². The summed E-state index contributed by atoms with van der Waals surface area (Å²) in [6.07, 6.45) is 0.207. The van der Waals surface area contributed by atoms with Crippen LogP contribution < -0.4 is 64.4 Å². The number of hydrogen-bond donors (Lipinski definition) is 1. The number of nitrogens with one attached hydrogen (secondary N) is 1. The largest absolute Gasteiger partial charge is 1.00 e. The molecule has 13 heteroatoms. The van der Waals surface area contributed by atoms with Gasteiger partial charge in [-0.3, -0.25) is 9.00 Å². The van der Waals surface area contributed by atoms with Crippen LogP contribution in [0.25, 0.3) is 0 Å². The molecular formula is C17H9NNa2O8S2-2. The molecule has 4 rings (SSSR count). The van der Waals surface area contributed by atoms with E-state index >= 15 is 0 Å². The van der Waals surface area contributed by atoms with Gasteiger partial charge >= 0.3 is 59.1 Å². The fraction of sp³-hybridized carbons (Fsp3) is 0.0588. The van der Waals surface area contributed by atoms with Crippen LogP contribution in [0.1, 0.15) is 26.3 Å². The van der Waals surface area contributed by atoms with Gasteiger partial charge in [-0.2, -0.15) is 18.2 Å². The van der Waals surface area contributed by atoms with Crippen LogP contribution in [0.4, 0.5) is 5.69 Å². The maximum Gasteiger partial charge on any atom is 1.00 e. The quantitative estimate of drug-likeness (QED) is 0.142. The third kappa shape index (κ3) is 5.75. The standard InChI is InChI=1S/C17H10NO5S.2Na.H2O3S/c19-16-12-8-10(24(21,22)23)6-5-9(12)7-13(16)15-17(20)11-3-1-2-4-14(11)18-15;;;1-4(2)3/h2-6,8,18H,7H2,(H,21,22,23);;;(H2,1,2,3)/q-1;2*+1;/p-3/b15-13-;;;. The molecule has 0 fully saturated rings. The van der Waals surface area contributed by atoms with Crippen LogP contribution in [-0.4, -0.2) is 37.9 Å². The van der Waals surface area contributed by atoms with E-state index in [2.05, 4.69) is 11.4 Å². The minimum absolute atomic E-state index is 0. The molecule has 1 aliphatic heterocycles. The van der Waals surface area contributed by atoms with E-state index in [-0.39, 0.29) is 88.2 Å². The normalized spacial score (nSPS) is 16.5. The molecule has 2 aromatic carbocycles. The fourth-order valence-electron chi connectivity index (χ4n) is 2.98. The summed E-state index contributed by atoms with van der Waals surface area (Å²) in [6.45, 7) is 0. The molecule has 0 amide bonds. The summed E-state index contributed by atoms with van der Waals surface area (Å²) in [5.74, 6) is -0.738. The van der Waals surface area contributed by atoms with Crippen molar-refractivity contribution in [3.63, 3.8) is 0 Å². The molecule has 0 spiro atoms. The van der Waals surface area contributed by atoms with Crippen molar-refractivity contribution in [2.24, 2.45) is 0 Å². The Morgan fingerprint density at radius 2 is 1.67 bits per heavy atom. The summed E-state index contributed by atoms with van der Waals surface area (Å²) in [4.78, 5) is 24.6.